The number of hydrogen-bond donors (Lipinski definition) is 1. The van der Waals surface area contributed by atoms with Gasteiger partial charge in [0.05, 0.1) is 16.4 Å². The first-order valence-electron chi connectivity index (χ1n) is 5.49. The molecular formula is C13H13ClN2O2. The number of carbonyl (C=O) groups excluding carboxylic acids is 1. The molecule has 0 radical (unpaired) electrons. The van der Waals surface area contributed by atoms with E-state index < -0.39 is 0 Å². The first-order valence-corrected chi connectivity index (χ1v) is 5.86. The predicted molar refractivity (Wildman–Crippen MR) is 70.1 cm³/mol. The third-order valence-electron chi connectivity index (χ3n) is 2.52. The van der Waals surface area contributed by atoms with Crippen molar-refractivity contribution >= 4 is 23.2 Å². The van der Waals surface area contributed by atoms with Crippen molar-refractivity contribution in [3.8, 4) is 0 Å². The van der Waals surface area contributed by atoms with Gasteiger partial charge in [-0.2, -0.15) is 0 Å². The van der Waals surface area contributed by atoms with Crippen LogP contribution in [0.3, 0.4) is 0 Å². The highest BCUT2D eigenvalue weighted by molar-refractivity contribution is 6.34. The second-order valence-electron chi connectivity index (χ2n) is 4.23. The van der Waals surface area contributed by atoms with Crippen LogP contribution in [-0.4, -0.2) is 11.1 Å². The first kappa shape index (κ1) is 12.6. The Kier molecular flexibility index (Phi) is 3.39. The molecule has 0 bridgehead atoms. The highest BCUT2D eigenvalue weighted by Crippen LogP contribution is 2.27. The van der Waals surface area contributed by atoms with Crippen LogP contribution >= 0.6 is 11.6 Å². The van der Waals surface area contributed by atoms with Crippen LogP contribution in [0, 0.1) is 20.8 Å². The molecule has 0 aliphatic heterocycles. The minimum atomic E-state index is -0.357. The van der Waals surface area contributed by atoms with E-state index in [1.54, 1.807) is 19.1 Å². The maximum atomic E-state index is 11.9. The highest BCUT2D eigenvalue weighted by atomic mass is 35.5. The van der Waals surface area contributed by atoms with Crippen molar-refractivity contribution in [3.05, 3.63) is 45.8 Å². The van der Waals surface area contributed by atoms with E-state index in [4.69, 9.17) is 16.1 Å². The number of benzene rings is 1. The lowest BCUT2D eigenvalue weighted by atomic mass is 10.1. The van der Waals surface area contributed by atoms with Gasteiger partial charge in [-0.1, -0.05) is 22.8 Å². The molecular weight excluding hydrogens is 252 g/mol. The molecule has 4 nitrogen and oxygen atoms in total. The van der Waals surface area contributed by atoms with E-state index in [0.29, 0.717) is 16.4 Å². The lowest BCUT2D eigenvalue weighted by molar-refractivity contribution is 0.0988. The van der Waals surface area contributed by atoms with E-state index in [0.717, 1.165) is 11.1 Å². The topological polar surface area (TPSA) is 55.1 Å². The van der Waals surface area contributed by atoms with Gasteiger partial charge in [0.25, 0.3) is 5.91 Å². The fourth-order valence-corrected chi connectivity index (χ4v) is 2.09. The maximum Gasteiger partial charge on any atom is 0.294 e. The summed E-state index contributed by atoms with van der Waals surface area (Å²) in [6.45, 7) is 5.59. The summed E-state index contributed by atoms with van der Waals surface area (Å²) in [4.78, 5) is 11.9. The van der Waals surface area contributed by atoms with Gasteiger partial charge in [-0.05, 0) is 38.0 Å². The Morgan fingerprint density at radius 1 is 1.28 bits per heavy atom. The van der Waals surface area contributed by atoms with Gasteiger partial charge in [0.15, 0.2) is 0 Å². The molecule has 0 fully saturated rings. The molecule has 5 heteroatoms. The summed E-state index contributed by atoms with van der Waals surface area (Å²) >= 11 is 6.11. The van der Waals surface area contributed by atoms with Crippen molar-refractivity contribution in [2.45, 2.75) is 20.8 Å². The zero-order valence-electron chi connectivity index (χ0n) is 10.4. The van der Waals surface area contributed by atoms with Crippen molar-refractivity contribution in [2.75, 3.05) is 5.32 Å². The molecule has 94 valence electrons. The van der Waals surface area contributed by atoms with Gasteiger partial charge in [0, 0.05) is 6.07 Å². The van der Waals surface area contributed by atoms with E-state index in [1.807, 2.05) is 19.9 Å². The number of halogens is 1. The monoisotopic (exact) mass is 264 g/mol. The third-order valence-corrected chi connectivity index (χ3v) is 2.82. The number of amides is 1. The Balaban J connectivity index is 2.27. The molecule has 18 heavy (non-hydrogen) atoms. The van der Waals surface area contributed by atoms with Gasteiger partial charge >= 0.3 is 0 Å². The largest absolute Gasteiger partial charge is 0.351 e. The average Bonchev–Trinajstić information content (AvgIpc) is 2.70. The Bertz CT molecular complexity index is 582. The fourth-order valence-electron chi connectivity index (χ4n) is 1.72. The highest BCUT2D eigenvalue weighted by Gasteiger charge is 2.14. The molecule has 0 unspecified atom stereocenters. The summed E-state index contributed by atoms with van der Waals surface area (Å²) in [5, 5.41) is 6.91. The molecule has 0 aliphatic rings. The summed E-state index contributed by atoms with van der Waals surface area (Å²) in [6.07, 6.45) is 0. The van der Waals surface area contributed by atoms with Gasteiger partial charge in [-0.15, -0.1) is 0 Å². The standard InChI is InChI=1S/C13H13ClN2O2/c1-7-4-8(2)12(10(14)5-7)15-13(17)11-6-9(3)16-18-11/h4-6H,1-3H3,(H,15,17). The molecule has 0 aliphatic carbocycles. The second kappa shape index (κ2) is 4.82. The van der Waals surface area contributed by atoms with E-state index >= 15 is 0 Å². The Labute approximate surface area is 110 Å². The van der Waals surface area contributed by atoms with E-state index in [1.165, 1.54) is 0 Å². The Morgan fingerprint density at radius 3 is 2.56 bits per heavy atom. The zero-order valence-corrected chi connectivity index (χ0v) is 11.1. The number of anilines is 1. The number of hydrogen-bond acceptors (Lipinski definition) is 3. The molecule has 1 N–H and O–H groups in total. The van der Waals surface area contributed by atoms with Gasteiger partial charge in [0.2, 0.25) is 5.76 Å². The number of nitrogens with one attached hydrogen (secondary N) is 1. The van der Waals surface area contributed by atoms with Gasteiger partial charge < -0.3 is 9.84 Å². The predicted octanol–water partition coefficient (Wildman–Crippen LogP) is 3.51. The van der Waals surface area contributed by atoms with Gasteiger partial charge in [0.1, 0.15) is 0 Å². The molecule has 1 aromatic heterocycles. The molecule has 0 saturated carbocycles. The second-order valence-corrected chi connectivity index (χ2v) is 4.63. The van der Waals surface area contributed by atoms with Crippen molar-refractivity contribution < 1.29 is 9.32 Å². The van der Waals surface area contributed by atoms with Crippen LogP contribution in [0.25, 0.3) is 0 Å². The average molecular weight is 265 g/mol. The van der Waals surface area contributed by atoms with E-state index in [9.17, 15) is 4.79 Å². The maximum absolute atomic E-state index is 11.9. The molecule has 2 aromatic rings. The number of aromatic nitrogens is 1. The SMILES string of the molecule is Cc1cc(C)c(NC(=O)c2cc(C)no2)c(Cl)c1. The van der Waals surface area contributed by atoms with Crippen molar-refractivity contribution in [3.63, 3.8) is 0 Å². The minimum Gasteiger partial charge on any atom is -0.351 e. The quantitative estimate of drug-likeness (QED) is 0.903. The van der Waals surface area contributed by atoms with Crippen LogP contribution < -0.4 is 5.32 Å². The number of nitrogens with zero attached hydrogens (tertiary/aromatic N) is 1. The molecule has 1 heterocycles. The number of carbonyl (C=O) groups is 1. The molecule has 0 spiro atoms. The summed E-state index contributed by atoms with van der Waals surface area (Å²) in [5.74, 6) is -0.187. The van der Waals surface area contributed by atoms with Crippen molar-refractivity contribution in [1.82, 2.24) is 5.16 Å². The lowest BCUT2D eigenvalue weighted by Crippen LogP contribution is -2.12. The molecule has 1 amide bonds. The van der Waals surface area contributed by atoms with Gasteiger partial charge in [-0.3, -0.25) is 4.79 Å². The number of rotatable bonds is 2. The normalized spacial score (nSPS) is 10.4. The summed E-state index contributed by atoms with van der Waals surface area (Å²) in [6, 6.07) is 5.33. The van der Waals surface area contributed by atoms with E-state index in [2.05, 4.69) is 10.5 Å². The van der Waals surface area contributed by atoms with Crippen LogP contribution in [0.1, 0.15) is 27.4 Å². The summed E-state index contributed by atoms with van der Waals surface area (Å²) < 4.78 is 4.90. The lowest BCUT2D eigenvalue weighted by Gasteiger charge is -2.10. The first-order chi connectivity index (χ1) is 8.47. The molecule has 0 saturated heterocycles. The van der Waals surface area contributed by atoms with Crippen LogP contribution in [0.2, 0.25) is 5.02 Å². The van der Waals surface area contributed by atoms with Crippen LogP contribution in [-0.2, 0) is 0 Å². The molecule has 1 aromatic carbocycles. The zero-order chi connectivity index (χ0) is 13.3. The minimum absolute atomic E-state index is 0.170. The van der Waals surface area contributed by atoms with Crippen LogP contribution in [0.4, 0.5) is 5.69 Å². The van der Waals surface area contributed by atoms with Crippen molar-refractivity contribution in [1.29, 1.82) is 0 Å². The van der Waals surface area contributed by atoms with Crippen LogP contribution in [0.15, 0.2) is 22.7 Å². The Hall–Kier alpha value is -1.81. The Morgan fingerprint density at radius 2 is 2.00 bits per heavy atom. The third kappa shape index (κ3) is 2.54. The fraction of sp³-hybridized carbons (Fsp3) is 0.231. The summed E-state index contributed by atoms with van der Waals surface area (Å²) in [5.41, 5.74) is 3.21. The van der Waals surface area contributed by atoms with Crippen LogP contribution in [0.5, 0.6) is 0 Å². The molecule has 0 atom stereocenters. The van der Waals surface area contributed by atoms with E-state index in [-0.39, 0.29) is 11.7 Å². The number of aryl methyl sites for hydroxylation is 3. The van der Waals surface area contributed by atoms with Gasteiger partial charge in [-0.25, -0.2) is 0 Å². The van der Waals surface area contributed by atoms with Crippen molar-refractivity contribution in [2.24, 2.45) is 0 Å². The molecule has 2 rings (SSSR count). The summed E-state index contributed by atoms with van der Waals surface area (Å²) in [7, 11) is 0. The smallest absolute Gasteiger partial charge is 0.294 e.